The van der Waals surface area contributed by atoms with Gasteiger partial charge in [0, 0.05) is 16.7 Å². The summed E-state index contributed by atoms with van der Waals surface area (Å²) in [5.74, 6) is 0.505. The summed E-state index contributed by atoms with van der Waals surface area (Å²) in [5.41, 5.74) is 3.36. The number of carbonyl (C=O) groups is 2. The normalized spacial score (nSPS) is 23.6. The van der Waals surface area contributed by atoms with E-state index in [1.54, 1.807) is 0 Å². The molecule has 0 radical (unpaired) electrons. The predicted octanol–water partition coefficient (Wildman–Crippen LogP) is 3.54. The van der Waals surface area contributed by atoms with E-state index < -0.39 is 5.92 Å². The van der Waals surface area contributed by atoms with E-state index in [9.17, 15) is 9.59 Å². The summed E-state index contributed by atoms with van der Waals surface area (Å²) in [6.07, 6.45) is 4.01. The fourth-order valence-corrected chi connectivity index (χ4v) is 5.06. The Hall–Kier alpha value is -3.06. The number of allylic oxidation sites excluding steroid dienone is 1. The number of carbonyl (C=O) groups excluding carboxylic acids is 2. The number of rotatable bonds is 3. The Kier molecular flexibility index (Phi) is 3.83. The molecule has 150 valence electrons. The van der Waals surface area contributed by atoms with Gasteiger partial charge in [-0.15, -0.1) is 0 Å². The fraction of sp³-hybridized carbons (Fsp3) is 0.217. The summed E-state index contributed by atoms with van der Waals surface area (Å²) in [5, 5.41) is 0. The van der Waals surface area contributed by atoms with E-state index in [4.69, 9.17) is 9.47 Å². The van der Waals surface area contributed by atoms with Crippen molar-refractivity contribution in [2.45, 2.75) is 12.6 Å². The van der Waals surface area contributed by atoms with Crippen LogP contribution < -0.4 is 9.47 Å². The Balaban J connectivity index is 1.37. The minimum Gasteiger partial charge on any atom is -0.454 e. The maximum atomic E-state index is 13.5. The third-order valence-electron chi connectivity index (χ3n) is 6.12. The van der Waals surface area contributed by atoms with Gasteiger partial charge in [0.25, 0.3) is 5.91 Å². The first kappa shape index (κ1) is 17.8. The summed E-state index contributed by atoms with van der Waals surface area (Å²) in [6.45, 7) is 1.12. The molecule has 4 heterocycles. The number of hydrogen-bond acceptors (Lipinski definition) is 5. The summed E-state index contributed by atoms with van der Waals surface area (Å²) < 4.78 is 11.8. The van der Waals surface area contributed by atoms with Gasteiger partial charge < -0.3 is 14.4 Å². The Morgan fingerprint density at radius 1 is 1.03 bits per heavy atom. The Morgan fingerprint density at radius 2 is 1.83 bits per heavy atom. The van der Waals surface area contributed by atoms with E-state index in [-0.39, 0.29) is 31.2 Å². The quantitative estimate of drug-likeness (QED) is 0.650. The lowest BCUT2D eigenvalue weighted by molar-refractivity contribution is -0.140. The number of fused-ring (bicyclic) bond motifs is 3. The minimum atomic E-state index is -0.479. The SMILES string of the molecule is O=C1C2=C3C=CCN3C(c3ccc(Br)cc3)C2C(=O)N1Cc1ccc2c(c1)OCO2. The lowest BCUT2D eigenvalue weighted by atomic mass is 9.90. The van der Waals surface area contributed by atoms with Crippen LogP contribution >= 0.6 is 15.9 Å². The van der Waals surface area contributed by atoms with Gasteiger partial charge in [0.1, 0.15) is 0 Å². The number of likely N-dealkylation sites (tertiary alicyclic amines) is 1. The first-order chi connectivity index (χ1) is 14.6. The Bertz CT molecular complexity index is 1150. The second kappa shape index (κ2) is 6.47. The first-order valence-corrected chi connectivity index (χ1v) is 10.6. The second-order valence-electron chi connectivity index (χ2n) is 7.74. The zero-order valence-electron chi connectivity index (χ0n) is 15.9. The molecule has 0 spiro atoms. The Morgan fingerprint density at radius 3 is 2.67 bits per heavy atom. The third-order valence-corrected chi connectivity index (χ3v) is 6.65. The van der Waals surface area contributed by atoms with Crippen molar-refractivity contribution >= 4 is 27.7 Å². The molecule has 0 saturated carbocycles. The molecule has 2 aromatic carbocycles. The van der Waals surface area contributed by atoms with Crippen LogP contribution in [-0.4, -0.2) is 35.0 Å². The van der Waals surface area contributed by atoms with Gasteiger partial charge in [0.15, 0.2) is 11.5 Å². The molecule has 0 N–H and O–H groups in total. The molecule has 7 heteroatoms. The number of amides is 2. The van der Waals surface area contributed by atoms with Crippen LogP contribution in [0.4, 0.5) is 0 Å². The molecule has 30 heavy (non-hydrogen) atoms. The number of imide groups is 1. The molecule has 2 unspecified atom stereocenters. The highest BCUT2D eigenvalue weighted by Gasteiger charge is 2.55. The van der Waals surface area contributed by atoms with E-state index in [2.05, 4.69) is 20.8 Å². The molecule has 2 atom stereocenters. The van der Waals surface area contributed by atoms with Crippen LogP contribution in [-0.2, 0) is 16.1 Å². The van der Waals surface area contributed by atoms with Gasteiger partial charge >= 0.3 is 0 Å². The van der Waals surface area contributed by atoms with E-state index >= 15 is 0 Å². The summed E-state index contributed by atoms with van der Waals surface area (Å²) in [7, 11) is 0. The summed E-state index contributed by atoms with van der Waals surface area (Å²) >= 11 is 3.47. The van der Waals surface area contributed by atoms with Crippen LogP contribution in [0.5, 0.6) is 11.5 Å². The number of nitrogens with zero attached hydrogens (tertiary/aromatic N) is 2. The van der Waals surface area contributed by atoms with Crippen molar-refractivity contribution in [2.24, 2.45) is 5.92 Å². The summed E-state index contributed by atoms with van der Waals surface area (Å²) in [6, 6.07) is 13.3. The van der Waals surface area contributed by atoms with E-state index in [1.165, 1.54) is 4.90 Å². The number of halogens is 1. The van der Waals surface area contributed by atoms with Gasteiger partial charge in [-0.3, -0.25) is 14.5 Å². The van der Waals surface area contributed by atoms with Crippen molar-refractivity contribution in [3.05, 3.63) is 81.5 Å². The zero-order chi connectivity index (χ0) is 20.4. The summed E-state index contributed by atoms with van der Waals surface area (Å²) in [4.78, 5) is 30.3. The molecule has 4 aliphatic heterocycles. The monoisotopic (exact) mass is 464 g/mol. The van der Waals surface area contributed by atoms with Gasteiger partial charge in [-0.1, -0.05) is 40.2 Å². The highest BCUT2D eigenvalue weighted by Crippen LogP contribution is 2.50. The molecule has 1 fully saturated rings. The molecule has 0 aromatic heterocycles. The van der Waals surface area contributed by atoms with Gasteiger partial charge in [0.2, 0.25) is 12.7 Å². The highest BCUT2D eigenvalue weighted by atomic mass is 79.9. The van der Waals surface area contributed by atoms with Crippen molar-refractivity contribution in [3.63, 3.8) is 0 Å². The van der Waals surface area contributed by atoms with Gasteiger partial charge in [-0.05, 0) is 41.5 Å². The van der Waals surface area contributed by atoms with E-state index in [0.717, 1.165) is 21.3 Å². The minimum absolute atomic E-state index is 0.143. The van der Waals surface area contributed by atoms with Crippen LogP contribution in [0.3, 0.4) is 0 Å². The molecule has 6 rings (SSSR count). The van der Waals surface area contributed by atoms with Gasteiger partial charge in [-0.2, -0.15) is 0 Å². The molecular weight excluding hydrogens is 448 g/mol. The van der Waals surface area contributed by atoms with E-state index in [1.807, 2.05) is 54.6 Å². The second-order valence-corrected chi connectivity index (χ2v) is 8.66. The largest absolute Gasteiger partial charge is 0.454 e. The molecule has 6 nitrogen and oxygen atoms in total. The van der Waals surface area contributed by atoms with Crippen LogP contribution in [0, 0.1) is 5.92 Å². The average molecular weight is 465 g/mol. The lowest BCUT2D eigenvalue weighted by Crippen LogP contribution is -2.35. The lowest BCUT2D eigenvalue weighted by Gasteiger charge is -2.29. The predicted molar refractivity (Wildman–Crippen MR) is 111 cm³/mol. The fourth-order valence-electron chi connectivity index (χ4n) is 4.80. The zero-order valence-corrected chi connectivity index (χ0v) is 17.5. The van der Waals surface area contributed by atoms with Crippen molar-refractivity contribution in [1.82, 2.24) is 9.80 Å². The van der Waals surface area contributed by atoms with Crippen molar-refractivity contribution in [2.75, 3.05) is 13.3 Å². The number of hydrogen-bond donors (Lipinski definition) is 0. The number of ether oxygens (including phenoxy) is 2. The molecule has 4 aliphatic rings. The van der Waals surface area contributed by atoms with Crippen LogP contribution in [0.1, 0.15) is 17.2 Å². The highest BCUT2D eigenvalue weighted by molar-refractivity contribution is 9.10. The molecule has 2 amide bonds. The van der Waals surface area contributed by atoms with Crippen molar-refractivity contribution in [1.29, 1.82) is 0 Å². The maximum absolute atomic E-state index is 13.5. The molecule has 0 bridgehead atoms. The third kappa shape index (κ3) is 2.48. The molecule has 1 saturated heterocycles. The van der Waals surface area contributed by atoms with Crippen LogP contribution in [0.15, 0.2) is 70.4 Å². The van der Waals surface area contributed by atoms with Crippen LogP contribution in [0.25, 0.3) is 0 Å². The van der Waals surface area contributed by atoms with Crippen LogP contribution in [0.2, 0.25) is 0 Å². The van der Waals surface area contributed by atoms with Crippen molar-refractivity contribution < 1.29 is 19.1 Å². The van der Waals surface area contributed by atoms with E-state index in [0.29, 0.717) is 23.6 Å². The van der Waals surface area contributed by atoms with Crippen molar-refractivity contribution in [3.8, 4) is 11.5 Å². The molecular formula is C23H17BrN2O4. The standard InChI is InChI=1S/C23H17BrN2O4/c24-15-6-4-14(5-7-15)21-20-19(16-2-1-9-25(16)21)22(27)26(23(20)28)11-13-3-8-17-18(10-13)30-12-29-17/h1-8,10,20-21H,9,11-12H2. The number of benzene rings is 2. The average Bonchev–Trinajstić information content (AvgIpc) is 3.49. The molecule has 0 aliphatic carbocycles. The first-order valence-electron chi connectivity index (χ1n) is 9.79. The Labute approximate surface area is 181 Å². The topological polar surface area (TPSA) is 59.1 Å². The van der Waals surface area contributed by atoms with Gasteiger partial charge in [-0.25, -0.2) is 0 Å². The molecule has 2 aromatic rings. The smallest absolute Gasteiger partial charge is 0.259 e. The maximum Gasteiger partial charge on any atom is 0.259 e. The van der Waals surface area contributed by atoms with Gasteiger partial charge in [0.05, 0.1) is 24.1 Å².